The van der Waals surface area contributed by atoms with Gasteiger partial charge < -0.3 is 0 Å². The first kappa shape index (κ1) is 7.53. The lowest BCUT2D eigenvalue weighted by Gasteiger charge is -2.03. The molecule has 0 bridgehead atoms. The van der Waals surface area contributed by atoms with E-state index in [0.717, 1.165) is 6.42 Å². The number of aromatic nitrogens is 1. The van der Waals surface area contributed by atoms with E-state index in [2.05, 4.69) is 17.6 Å². The molecule has 0 amide bonds. The maximum absolute atomic E-state index is 4.37. The predicted octanol–water partition coefficient (Wildman–Crippen LogP) is 2.30. The fourth-order valence-corrected chi connectivity index (χ4v) is 1.88. The molecular weight excluding hydrogens is 146 g/mol. The van der Waals surface area contributed by atoms with Crippen LogP contribution in [0.1, 0.15) is 23.2 Å². The Labute approximate surface area is 73.1 Å². The molecular formula is C11H13N. The van der Waals surface area contributed by atoms with E-state index in [0.29, 0.717) is 0 Å². The number of rotatable bonds is 2. The van der Waals surface area contributed by atoms with Crippen LogP contribution in [0.25, 0.3) is 0 Å². The summed E-state index contributed by atoms with van der Waals surface area (Å²) in [6.07, 6.45) is 8.53. The van der Waals surface area contributed by atoms with E-state index in [9.17, 15) is 0 Å². The molecule has 12 heavy (non-hydrogen) atoms. The van der Waals surface area contributed by atoms with Gasteiger partial charge in [-0.2, -0.15) is 0 Å². The number of fused-ring (bicyclic) bond motifs is 1. The zero-order chi connectivity index (χ0) is 8.39. The molecule has 0 aliphatic heterocycles. The van der Waals surface area contributed by atoms with Crippen molar-refractivity contribution in [2.24, 2.45) is 0 Å². The first-order chi connectivity index (χ1) is 5.92. The van der Waals surface area contributed by atoms with Crippen molar-refractivity contribution in [1.29, 1.82) is 0 Å². The van der Waals surface area contributed by atoms with E-state index in [1.54, 1.807) is 0 Å². The Morgan fingerprint density at radius 3 is 3.25 bits per heavy atom. The van der Waals surface area contributed by atoms with Gasteiger partial charge in [0.2, 0.25) is 0 Å². The van der Waals surface area contributed by atoms with Crippen LogP contribution in [-0.4, -0.2) is 4.98 Å². The van der Waals surface area contributed by atoms with Crippen molar-refractivity contribution >= 4 is 0 Å². The van der Waals surface area contributed by atoms with Crippen molar-refractivity contribution in [3.8, 4) is 0 Å². The van der Waals surface area contributed by atoms with Crippen molar-refractivity contribution in [2.75, 3.05) is 0 Å². The van der Waals surface area contributed by atoms with Gasteiger partial charge in [0.15, 0.2) is 0 Å². The van der Waals surface area contributed by atoms with E-state index < -0.39 is 0 Å². The van der Waals surface area contributed by atoms with Gasteiger partial charge in [-0.05, 0) is 42.9 Å². The molecule has 1 heteroatoms. The Kier molecular flexibility index (Phi) is 1.94. The van der Waals surface area contributed by atoms with Crippen LogP contribution in [0.5, 0.6) is 0 Å². The Morgan fingerprint density at radius 2 is 2.42 bits per heavy atom. The summed E-state index contributed by atoms with van der Waals surface area (Å²) < 4.78 is 0. The molecule has 0 saturated carbocycles. The number of hydrogen-bond donors (Lipinski definition) is 0. The second-order valence-corrected chi connectivity index (χ2v) is 3.24. The minimum Gasteiger partial charge on any atom is -0.261 e. The Hall–Kier alpha value is -1.11. The van der Waals surface area contributed by atoms with E-state index in [-0.39, 0.29) is 0 Å². The van der Waals surface area contributed by atoms with Gasteiger partial charge in [-0.25, -0.2) is 0 Å². The van der Waals surface area contributed by atoms with Crippen LogP contribution in [-0.2, 0) is 19.3 Å². The van der Waals surface area contributed by atoms with E-state index in [1.165, 1.54) is 36.1 Å². The largest absolute Gasteiger partial charge is 0.261 e. The van der Waals surface area contributed by atoms with E-state index in [4.69, 9.17) is 0 Å². The van der Waals surface area contributed by atoms with E-state index in [1.807, 2.05) is 12.3 Å². The standard InChI is InChI=1S/C11H13N/c1-2-4-9-7-8-12-11-6-3-5-10(9)11/h2,7-8H,1,3-6H2. The minimum atomic E-state index is 0.991. The highest BCUT2D eigenvalue weighted by Crippen LogP contribution is 2.23. The number of allylic oxidation sites excluding steroid dienone is 1. The number of pyridine rings is 1. The first-order valence-corrected chi connectivity index (χ1v) is 4.48. The molecule has 1 aliphatic carbocycles. The molecule has 1 heterocycles. The third-order valence-corrected chi connectivity index (χ3v) is 2.45. The van der Waals surface area contributed by atoms with E-state index >= 15 is 0 Å². The van der Waals surface area contributed by atoms with Gasteiger partial charge in [-0.1, -0.05) is 6.08 Å². The molecule has 1 aliphatic rings. The minimum absolute atomic E-state index is 0.991. The Bertz CT molecular complexity index is 302. The van der Waals surface area contributed by atoms with Gasteiger partial charge in [-0.15, -0.1) is 6.58 Å². The molecule has 1 aromatic rings. The lowest BCUT2D eigenvalue weighted by molar-refractivity contribution is 0.897. The molecule has 0 fully saturated rings. The van der Waals surface area contributed by atoms with Gasteiger partial charge in [0.25, 0.3) is 0 Å². The van der Waals surface area contributed by atoms with Crippen molar-refractivity contribution in [3.05, 3.63) is 41.7 Å². The molecule has 0 unspecified atom stereocenters. The quantitative estimate of drug-likeness (QED) is 0.603. The van der Waals surface area contributed by atoms with Crippen LogP contribution in [0.15, 0.2) is 24.9 Å². The second-order valence-electron chi connectivity index (χ2n) is 3.24. The Balaban J connectivity index is 2.42. The maximum atomic E-state index is 4.37. The van der Waals surface area contributed by atoms with Crippen LogP contribution < -0.4 is 0 Å². The Morgan fingerprint density at radius 1 is 1.50 bits per heavy atom. The summed E-state index contributed by atoms with van der Waals surface area (Å²) in [5.74, 6) is 0. The van der Waals surface area contributed by atoms with Crippen LogP contribution in [0.2, 0.25) is 0 Å². The molecule has 0 atom stereocenters. The zero-order valence-electron chi connectivity index (χ0n) is 7.21. The van der Waals surface area contributed by atoms with Crippen LogP contribution in [0.3, 0.4) is 0 Å². The lowest BCUT2D eigenvalue weighted by Crippen LogP contribution is -1.93. The van der Waals surface area contributed by atoms with Gasteiger partial charge in [-0.3, -0.25) is 4.98 Å². The highest BCUT2D eigenvalue weighted by Gasteiger charge is 2.14. The molecule has 1 nitrogen and oxygen atoms in total. The average molecular weight is 159 g/mol. The summed E-state index contributed by atoms with van der Waals surface area (Å²) in [7, 11) is 0. The van der Waals surface area contributed by atoms with Crippen molar-refractivity contribution in [3.63, 3.8) is 0 Å². The predicted molar refractivity (Wildman–Crippen MR) is 50.2 cm³/mol. The smallest absolute Gasteiger partial charge is 0.0438 e. The third kappa shape index (κ3) is 1.15. The number of nitrogens with zero attached hydrogens (tertiary/aromatic N) is 1. The van der Waals surface area contributed by atoms with Gasteiger partial charge >= 0.3 is 0 Å². The molecule has 0 aromatic carbocycles. The molecule has 1 aromatic heterocycles. The summed E-state index contributed by atoms with van der Waals surface area (Å²) in [6, 6.07) is 2.12. The third-order valence-electron chi connectivity index (χ3n) is 2.45. The van der Waals surface area contributed by atoms with Gasteiger partial charge in [0, 0.05) is 11.9 Å². The number of hydrogen-bond acceptors (Lipinski definition) is 1. The van der Waals surface area contributed by atoms with Crippen LogP contribution in [0, 0.1) is 0 Å². The monoisotopic (exact) mass is 159 g/mol. The summed E-state index contributed by atoms with van der Waals surface area (Å²) in [6.45, 7) is 3.76. The zero-order valence-corrected chi connectivity index (χ0v) is 7.21. The SMILES string of the molecule is C=CCc1ccnc2c1CCC2. The van der Waals surface area contributed by atoms with Gasteiger partial charge in [0.05, 0.1) is 0 Å². The molecule has 2 rings (SSSR count). The summed E-state index contributed by atoms with van der Waals surface area (Å²) >= 11 is 0. The van der Waals surface area contributed by atoms with Crippen molar-refractivity contribution in [2.45, 2.75) is 25.7 Å². The topological polar surface area (TPSA) is 12.9 Å². The molecule has 0 saturated heterocycles. The fourth-order valence-electron chi connectivity index (χ4n) is 1.88. The highest BCUT2D eigenvalue weighted by atomic mass is 14.7. The normalized spacial score (nSPS) is 14.3. The second kappa shape index (κ2) is 3.10. The molecule has 0 spiro atoms. The van der Waals surface area contributed by atoms with Crippen LogP contribution in [0.4, 0.5) is 0 Å². The molecule has 62 valence electrons. The summed E-state index contributed by atoms with van der Waals surface area (Å²) in [4.78, 5) is 4.37. The van der Waals surface area contributed by atoms with Crippen molar-refractivity contribution in [1.82, 2.24) is 4.98 Å². The first-order valence-electron chi connectivity index (χ1n) is 4.48. The van der Waals surface area contributed by atoms with Crippen LogP contribution >= 0.6 is 0 Å². The van der Waals surface area contributed by atoms with Crippen molar-refractivity contribution < 1.29 is 0 Å². The highest BCUT2D eigenvalue weighted by molar-refractivity contribution is 5.34. The maximum Gasteiger partial charge on any atom is 0.0438 e. The summed E-state index contributed by atoms with van der Waals surface area (Å²) in [5.41, 5.74) is 4.22. The lowest BCUT2D eigenvalue weighted by atomic mass is 10.1. The molecule has 0 radical (unpaired) electrons. The number of aryl methyl sites for hydroxylation is 1. The average Bonchev–Trinajstić information content (AvgIpc) is 2.53. The molecule has 0 N–H and O–H groups in total. The fraction of sp³-hybridized carbons (Fsp3) is 0.364. The summed E-state index contributed by atoms with van der Waals surface area (Å²) in [5, 5.41) is 0. The van der Waals surface area contributed by atoms with Gasteiger partial charge in [0.1, 0.15) is 0 Å².